The van der Waals surface area contributed by atoms with Crippen molar-refractivity contribution in [2.75, 3.05) is 13.1 Å². The molecule has 0 radical (unpaired) electrons. The van der Waals surface area contributed by atoms with Crippen molar-refractivity contribution < 1.29 is 4.74 Å². The molecule has 0 aliphatic carbocycles. The molecule has 1 atom stereocenters. The molecule has 0 saturated carbocycles. The first kappa shape index (κ1) is 19.9. The third-order valence-corrected chi connectivity index (χ3v) is 5.95. The van der Waals surface area contributed by atoms with Gasteiger partial charge in [0.25, 0.3) is 0 Å². The maximum atomic E-state index is 6.62. The maximum absolute atomic E-state index is 6.62. The molecular formula is C26H28N4O. The average Bonchev–Trinajstić information content (AvgIpc) is 3.27. The van der Waals surface area contributed by atoms with Crippen LogP contribution in [0, 0.1) is 0 Å². The van der Waals surface area contributed by atoms with E-state index in [9.17, 15) is 0 Å². The summed E-state index contributed by atoms with van der Waals surface area (Å²) in [4.78, 5) is 12.9. The molecule has 3 heterocycles. The molecule has 1 saturated heterocycles. The quantitative estimate of drug-likeness (QED) is 0.445. The average molecular weight is 413 g/mol. The highest BCUT2D eigenvalue weighted by atomic mass is 16.5. The molecule has 1 fully saturated rings. The molecule has 4 aromatic rings. The molecule has 0 amide bonds. The Morgan fingerprint density at radius 3 is 2.48 bits per heavy atom. The van der Waals surface area contributed by atoms with Gasteiger partial charge in [-0.2, -0.15) is 0 Å². The van der Waals surface area contributed by atoms with Gasteiger partial charge in [0.15, 0.2) is 5.82 Å². The highest BCUT2D eigenvalue weighted by molar-refractivity contribution is 5.77. The molecule has 2 N–H and O–H groups in total. The van der Waals surface area contributed by atoms with E-state index in [1.807, 2.05) is 36.5 Å². The number of hydrogen-bond acceptors (Lipinski definition) is 4. The van der Waals surface area contributed by atoms with Gasteiger partial charge >= 0.3 is 0 Å². The van der Waals surface area contributed by atoms with Crippen molar-refractivity contribution in [3.05, 3.63) is 84.2 Å². The van der Waals surface area contributed by atoms with Gasteiger partial charge in [0.05, 0.1) is 12.2 Å². The number of H-pyrrole nitrogens is 1. The van der Waals surface area contributed by atoms with Gasteiger partial charge in [0.1, 0.15) is 5.65 Å². The molecule has 1 aliphatic rings. The Hall–Kier alpha value is -3.02. The van der Waals surface area contributed by atoms with Crippen molar-refractivity contribution >= 4 is 11.0 Å². The lowest BCUT2D eigenvalue weighted by Gasteiger charge is -2.28. The van der Waals surface area contributed by atoms with Gasteiger partial charge in [-0.25, -0.2) is 9.97 Å². The van der Waals surface area contributed by atoms with Crippen LogP contribution < -0.4 is 5.32 Å². The summed E-state index contributed by atoms with van der Waals surface area (Å²) in [5.74, 6) is 0.738. The highest BCUT2D eigenvalue weighted by Gasteiger charge is 2.22. The molecule has 5 heteroatoms. The van der Waals surface area contributed by atoms with Gasteiger partial charge in [-0.05, 0) is 50.4 Å². The second-order valence-electron chi connectivity index (χ2n) is 8.19. The molecule has 2 aromatic carbocycles. The standard InChI is InChI=1S/C26H28N4O/c1-3-7-19(8-4-1)11-12-24(31-22-13-15-27-16-14-22)23-17-21-18-28-25(30-26(21)29-23)20-9-5-2-6-10-20/h1-10,17-18,22,24,27H,11-16H2,(H,28,29,30). The summed E-state index contributed by atoms with van der Waals surface area (Å²) in [6, 6.07) is 22.9. The first-order chi connectivity index (χ1) is 15.3. The van der Waals surface area contributed by atoms with E-state index in [4.69, 9.17) is 9.72 Å². The van der Waals surface area contributed by atoms with E-state index in [0.717, 1.165) is 66.9 Å². The topological polar surface area (TPSA) is 62.8 Å². The van der Waals surface area contributed by atoms with Crippen LogP contribution in [0.1, 0.15) is 36.6 Å². The zero-order valence-corrected chi connectivity index (χ0v) is 17.6. The zero-order chi connectivity index (χ0) is 20.9. The predicted octanol–water partition coefficient (Wildman–Crippen LogP) is 5.07. The largest absolute Gasteiger partial charge is 0.369 e. The number of benzene rings is 2. The van der Waals surface area contributed by atoms with E-state index in [0.29, 0.717) is 6.10 Å². The predicted molar refractivity (Wildman–Crippen MR) is 124 cm³/mol. The van der Waals surface area contributed by atoms with Gasteiger partial charge in [0, 0.05) is 22.8 Å². The van der Waals surface area contributed by atoms with Crippen LogP contribution in [0.5, 0.6) is 0 Å². The van der Waals surface area contributed by atoms with E-state index >= 15 is 0 Å². The van der Waals surface area contributed by atoms with Crippen LogP contribution in [-0.4, -0.2) is 34.1 Å². The molecule has 31 heavy (non-hydrogen) atoms. The molecule has 2 aromatic heterocycles. The van der Waals surface area contributed by atoms with E-state index in [2.05, 4.69) is 51.7 Å². The zero-order valence-electron chi connectivity index (χ0n) is 17.6. The lowest BCUT2D eigenvalue weighted by molar-refractivity contribution is -0.0334. The minimum Gasteiger partial charge on any atom is -0.369 e. The van der Waals surface area contributed by atoms with E-state index in [1.54, 1.807) is 0 Å². The number of nitrogens with zero attached hydrogens (tertiary/aromatic N) is 2. The van der Waals surface area contributed by atoms with Crippen LogP contribution >= 0.6 is 0 Å². The number of ether oxygens (including phenoxy) is 1. The fraction of sp³-hybridized carbons (Fsp3) is 0.308. The summed E-state index contributed by atoms with van der Waals surface area (Å²) in [5.41, 5.74) is 4.31. The number of aromatic amines is 1. The van der Waals surface area contributed by atoms with E-state index in [-0.39, 0.29) is 6.10 Å². The smallest absolute Gasteiger partial charge is 0.161 e. The van der Waals surface area contributed by atoms with Crippen molar-refractivity contribution in [2.24, 2.45) is 0 Å². The Balaban J connectivity index is 1.41. The normalized spacial score (nSPS) is 15.9. The molecule has 5 rings (SSSR count). The van der Waals surface area contributed by atoms with Crippen LogP contribution in [0.15, 0.2) is 72.9 Å². The monoisotopic (exact) mass is 412 g/mol. The summed E-state index contributed by atoms with van der Waals surface area (Å²) >= 11 is 0. The number of aryl methyl sites for hydroxylation is 1. The fourth-order valence-corrected chi connectivity index (χ4v) is 4.24. The number of hydrogen-bond donors (Lipinski definition) is 2. The van der Waals surface area contributed by atoms with E-state index in [1.165, 1.54) is 5.56 Å². The van der Waals surface area contributed by atoms with Gasteiger partial charge in [-0.15, -0.1) is 0 Å². The summed E-state index contributed by atoms with van der Waals surface area (Å²) < 4.78 is 6.62. The Kier molecular flexibility index (Phi) is 6.05. The lowest BCUT2D eigenvalue weighted by Crippen LogP contribution is -2.33. The molecule has 0 spiro atoms. The lowest BCUT2D eigenvalue weighted by atomic mass is 10.0. The van der Waals surface area contributed by atoms with Crippen molar-refractivity contribution in [1.29, 1.82) is 0 Å². The molecule has 158 valence electrons. The Labute approximate surface area is 182 Å². The molecule has 0 bridgehead atoms. The minimum absolute atomic E-state index is 0.0117. The molecule has 5 nitrogen and oxygen atoms in total. The Morgan fingerprint density at radius 1 is 0.968 bits per heavy atom. The maximum Gasteiger partial charge on any atom is 0.161 e. The SMILES string of the molecule is c1ccc(CCC(OC2CCNCC2)c2cc3cnc(-c4ccccc4)nc3[nH]2)cc1. The van der Waals surface area contributed by atoms with Crippen molar-refractivity contribution in [3.8, 4) is 11.4 Å². The minimum atomic E-state index is 0.0117. The van der Waals surface area contributed by atoms with E-state index < -0.39 is 0 Å². The molecule has 1 unspecified atom stereocenters. The van der Waals surface area contributed by atoms with Crippen LogP contribution in [0.2, 0.25) is 0 Å². The van der Waals surface area contributed by atoms with Crippen molar-refractivity contribution in [1.82, 2.24) is 20.3 Å². The second kappa shape index (κ2) is 9.41. The van der Waals surface area contributed by atoms with Crippen molar-refractivity contribution in [3.63, 3.8) is 0 Å². The first-order valence-electron chi connectivity index (χ1n) is 11.2. The summed E-state index contributed by atoms with van der Waals surface area (Å²) in [7, 11) is 0. The summed E-state index contributed by atoms with van der Waals surface area (Å²) in [6.45, 7) is 2.05. The van der Waals surface area contributed by atoms with Crippen LogP contribution in [-0.2, 0) is 11.2 Å². The fourth-order valence-electron chi connectivity index (χ4n) is 4.24. The third-order valence-electron chi connectivity index (χ3n) is 5.95. The number of fused-ring (bicyclic) bond motifs is 1. The second-order valence-corrected chi connectivity index (χ2v) is 8.19. The van der Waals surface area contributed by atoms with Crippen LogP contribution in [0.3, 0.4) is 0 Å². The Morgan fingerprint density at radius 2 is 1.71 bits per heavy atom. The van der Waals surface area contributed by atoms with Gasteiger partial charge in [0.2, 0.25) is 0 Å². The Bertz CT molecular complexity index is 1100. The number of piperidine rings is 1. The number of nitrogens with one attached hydrogen (secondary N) is 2. The number of aromatic nitrogens is 3. The van der Waals surface area contributed by atoms with Gasteiger partial charge in [-0.1, -0.05) is 60.7 Å². The van der Waals surface area contributed by atoms with Crippen molar-refractivity contribution in [2.45, 2.75) is 37.9 Å². The van der Waals surface area contributed by atoms with Gasteiger partial charge in [-0.3, -0.25) is 0 Å². The van der Waals surface area contributed by atoms with Gasteiger partial charge < -0.3 is 15.0 Å². The molecular weight excluding hydrogens is 384 g/mol. The van der Waals surface area contributed by atoms with Crippen LogP contribution in [0.25, 0.3) is 22.4 Å². The summed E-state index contributed by atoms with van der Waals surface area (Å²) in [6.07, 6.45) is 6.23. The number of rotatable bonds is 7. The third kappa shape index (κ3) is 4.84. The molecule has 1 aliphatic heterocycles. The van der Waals surface area contributed by atoms with Crippen LogP contribution in [0.4, 0.5) is 0 Å². The highest BCUT2D eigenvalue weighted by Crippen LogP contribution is 2.29. The first-order valence-corrected chi connectivity index (χ1v) is 11.2. The summed E-state index contributed by atoms with van der Waals surface area (Å²) in [5, 5.41) is 4.44.